The van der Waals surface area contributed by atoms with Crippen LogP contribution in [-0.4, -0.2) is 52.1 Å². The largest absolute Gasteiger partial charge is 0.493 e. The minimum absolute atomic E-state index is 0.0538. The zero-order chi connectivity index (χ0) is 19.1. The number of likely N-dealkylation sites (tertiary alicyclic amines) is 1. The van der Waals surface area contributed by atoms with Crippen LogP contribution in [0.5, 0.6) is 5.88 Å². The standard InChI is InChI=1S/C20H24N4O3/c25-18(14-17-19(26)23-20(27)22-17)21-10-13-24-11-8-16(9-12-24)7-6-15-4-2-1-3-5-15/h1-5,16,26H,8-14H2,(H,21,25)(H2,22,23,27). The number of piperidine rings is 1. The zero-order valence-corrected chi connectivity index (χ0v) is 15.1. The Morgan fingerprint density at radius 1 is 1.22 bits per heavy atom. The van der Waals surface area contributed by atoms with Crippen molar-refractivity contribution in [2.45, 2.75) is 19.3 Å². The van der Waals surface area contributed by atoms with E-state index in [1.54, 1.807) is 0 Å². The van der Waals surface area contributed by atoms with Crippen LogP contribution in [0.2, 0.25) is 0 Å². The molecule has 1 aliphatic heterocycles. The van der Waals surface area contributed by atoms with E-state index in [1.807, 2.05) is 30.3 Å². The normalized spacial score (nSPS) is 15.1. The van der Waals surface area contributed by atoms with Crippen LogP contribution in [0, 0.1) is 17.8 Å². The fourth-order valence-corrected chi connectivity index (χ4v) is 3.12. The summed E-state index contributed by atoms with van der Waals surface area (Å²) in [6.07, 6.45) is 2.01. The lowest BCUT2D eigenvalue weighted by atomic mass is 9.97. The second kappa shape index (κ2) is 9.10. The predicted octanol–water partition coefficient (Wildman–Crippen LogP) is 0.831. The predicted molar refractivity (Wildman–Crippen MR) is 102 cm³/mol. The zero-order valence-electron chi connectivity index (χ0n) is 15.1. The molecule has 0 radical (unpaired) electrons. The van der Waals surface area contributed by atoms with E-state index in [0.717, 1.165) is 38.0 Å². The van der Waals surface area contributed by atoms with Crippen LogP contribution in [0.4, 0.5) is 0 Å². The third-order valence-corrected chi connectivity index (χ3v) is 4.65. The Bertz CT molecular complexity index is 868. The molecule has 1 aromatic heterocycles. The highest BCUT2D eigenvalue weighted by atomic mass is 16.3. The van der Waals surface area contributed by atoms with Crippen LogP contribution in [-0.2, 0) is 11.2 Å². The Labute approximate surface area is 157 Å². The average molecular weight is 368 g/mol. The number of rotatable bonds is 5. The topological polar surface area (TPSA) is 101 Å². The van der Waals surface area contributed by atoms with Gasteiger partial charge in [0.2, 0.25) is 11.8 Å². The number of hydrogen-bond donors (Lipinski definition) is 4. The summed E-state index contributed by atoms with van der Waals surface area (Å²) in [5.41, 5.74) is 0.737. The van der Waals surface area contributed by atoms with Crippen molar-refractivity contribution in [1.29, 1.82) is 0 Å². The van der Waals surface area contributed by atoms with Gasteiger partial charge in [-0.1, -0.05) is 30.0 Å². The Morgan fingerprint density at radius 2 is 1.96 bits per heavy atom. The summed E-state index contributed by atoms with van der Waals surface area (Å²) in [5, 5.41) is 12.3. The second-order valence-electron chi connectivity index (χ2n) is 6.68. The van der Waals surface area contributed by atoms with Crippen LogP contribution >= 0.6 is 0 Å². The van der Waals surface area contributed by atoms with Gasteiger partial charge in [-0.2, -0.15) is 0 Å². The molecule has 0 unspecified atom stereocenters. The van der Waals surface area contributed by atoms with Crippen molar-refractivity contribution in [1.82, 2.24) is 20.2 Å². The number of nitrogens with zero attached hydrogens (tertiary/aromatic N) is 1. The summed E-state index contributed by atoms with van der Waals surface area (Å²) in [6.45, 7) is 3.25. The second-order valence-corrected chi connectivity index (χ2v) is 6.68. The molecule has 1 amide bonds. The molecule has 7 heteroatoms. The maximum Gasteiger partial charge on any atom is 0.325 e. The van der Waals surface area contributed by atoms with Crippen LogP contribution < -0.4 is 11.0 Å². The Hall–Kier alpha value is -2.98. The summed E-state index contributed by atoms with van der Waals surface area (Å²) in [5.74, 6) is 6.51. The first-order valence-electron chi connectivity index (χ1n) is 9.16. The van der Waals surface area contributed by atoms with Gasteiger partial charge in [-0.25, -0.2) is 4.79 Å². The molecule has 0 bridgehead atoms. The maximum atomic E-state index is 11.9. The van der Waals surface area contributed by atoms with Crippen molar-refractivity contribution in [2.75, 3.05) is 26.2 Å². The van der Waals surface area contributed by atoms with Crippen LogP contribution in [0.25, 0.3) is 0 Å². The minimum atomic E-state index is -0.520. The molecule has 2 heterocycles. The molecule has 142 valence electrons. The van der Waals surface area contributed by atoms with Crippen LogP contribution in [0.3, 0.4) is 0 Å². The van der Waals surface area contributed by atoms with Crippen molar-refractivity contribution in [2.24, 2.45) is 5.92 Å². The number of amides is 1. The quantitative estimate of drug-likeness (QED) is 0.587. The summed E-state index contributed by atoms with van der Waals surface area (Å²) < 4.78 is 0. The molecule has 1 saturated heterocycles. The van der Waals surface area contributed by atoms with Gasteiger partial charge in [0.25, 0.3) is 0 Å². The Morgan fingerprint density at radius 3 is 2.63 bits per heavy atom. The lowest BCUT2D eigenvalue weighted by Gasteiger charge is -2.29. The van der Waals surface area contributed by atoms with Gasteiger partial charge in [0.1, 0.15) is 0 Å². The van der Waals surface area contributed by atoms with E-state index in [4.69, 9.17) is 0 Å². The first-order chi connectivity index (χ1) is 13.1. The van der Waals surface area contributed by atoms with Crippen molar-refractivity contribution in [3.8, 4) is 17.7 Å². The molecule has 1 fully saturated rings. The number of hydrogen-bond acceptors (Lipinski definition) is 4. The molecule has 0 spiro atoms. The van der Waals surface area contributed by atoms with E-state index in [9.17, 15) is 14.7 Å². The summed E-state index contributed by atoms with van der Waals surface area (Å²) in [7, 11) is 0. The van der Waals surface area contributed by atoms with Gasteiger partial charge in [-0.05, 0) is 38.1 Å². The molecule has 2 aromatic rings. The first-order valence-corrected chi connectivity index (χ1v) is 9.16. The van der Waals surface area contributed by atoms with Crippen molar-refractivity contribution in [3.63, 3.8) is 0 Å². The number of carbonyl (C=O) groups excluding carboxylic acids is 1. The first kappa shape index (κ1) is 18.8. The van der Waals surface area contributed by atoms with E-state index >= 15 is 0 Å². The summed E-state index contributed by atoms with van der Waals surface area (Å²) in [4.78, 5) is 29.8. The fraction of sp³-hybridized carbons (Fsp3) is 0.400. The van der Waals surface area contributed by atoms with Crippen molar-refractivity contribution < 1.29 is 9.90 Å². The monoisotopic (exact) mass is 368 g/mol. The van der Waals surface area contributed by atoms with Gasteiger partial charge in [-0.15, -0.1) is 0 Å². The number of H-pyrrole nitrogens is 2. The molecule has 27 heavy (non-hydrogen) atoms. The molecule has 3 rings (SSSR count). The van der Waals surface area contributed by atoms with Gasteiger partial charge >= 0.3 is 5.69 Å². The number of benzene rings is 1. The van der Waals surface area contributed by atoms with E-state index in [-0.39, 0.29) is 23.9 Å². The molecule has 0 aliphatic carbocycles. The number of aromatic nitrogens is 2. The lowest BCUT2D eigenvalue weighted by molar-refractivity contribution is -0.120. The van der Waals surface area contributed by atoms with E-state index in [2.05, 4.69) is 32.0 Å². The maximum absolute atomic E-state index is 11.9. The molecule has 1 aliphatic rings. The number of carbonyl (C=O) groups is 1. The highest BCUT2D eigenvalue weighted by molar-refractivity contribution is 5.78. The molecular formula is C20H24N4O3. The van der Waals surface area contributed by atoms with Gasteiger partial charge in [0.15, 0.2) is 0 Å². The molecule has 4 N–H and O–H groups in total. The van der Waals surface area contributed by atoms with Gasteiger partial charge in [0.05, 0.1) is 12.1 Å². The Kier molecular flexibility index (Phi) is 6.34. The lowest BCUT2D eigenvalue weighted by Crippen LogP contribution is -2.39. The number of aromatic amines is 2. The SMILES string of the molecule is O=C(Cc1[nH]c(=O)[nH]c1O)NCCN1CCC(C#Cc2ccccc2)CC1. The third kappa shape index (κ3) is 5.76. The van der Waals surface area contributed by atoms with E-state index in [1.165, 1.54) is 0 Å². The number of nitrogens with one attached hydrogen (secondary N) is 3. The molecule has 0 atom stereocenters. The van der Waals surface area contributed by atoms with Crippen LogP contribution in [0.1, 0.15) is 24.1 Å². The molecule has 1 aromatic carbocycles. The molecule has 0 saturated carbocycles. The van der Waals surface area contributed by atoms with Gasteiger partial charge < -0.3 is 20.3 Å². The molecule has 7 nitrogen and oxygen atoms in total. The number of aromatic hydroxyl groups is 1. The third-order valence-electron chi connectivity index (χ3n) is 4.65. The van der Waals surface area contributed by atoms with E-state index < -0.39 is 5.69 Å². The Balaban J connectivity index is 1.35. The average Bonchev–Trinajstić information content (AvgIpc) is 2.99. The highest BCUT2D eigenvalue weighted by Gasteiger charge is 2.17. The van der Waals surface area contributed by atoms with E-state index in [0.29, 0.717) is 12.5 Å². The fourth-order valence-electron chi connectivity index (χ4n) is 3.12. The smallest absolute Gasteiger partial charge is 0.325 e. The highest BCUT2D eigenvalue weighted by Crippen LogP contribution is 2.16. The van der Waals surface area contributed by atoms with Gasteiger partial charge in [-0.3, -0.25) is 9.78 Å². The van der Waals surface area contributed by atoms with Crippen molar-refractivity contribution >= 4 is 5.91 Å². The minimum Gasteiger partial charge on any atom is -0.493 e. The molecular weight excluding hydrogens is 344 g/mol. The summed E-state index contributed by atoms with van der Waals surface area (Å²) in [6, 6.07) is 10.0. The van der Waals surface area contributed by atoms with Crippen molar-refractivity contribution in [3.05, 3.63) is 52.1 Å². The summed E-state index contributed by atoms with van der Waals surface area (Å²) >= 11 is 0. The van der Waals surface area contributed by atoms with Crippen LogP contribution in [0.15, 0.2) is 35.1 Å². The van der Waals surface area contributed by atoms with Gasteiger partial charge in [0, 0.05) is 24.6 Å². The number of imidazole rings is 1.